The molecule has 24 heavy (non-hydrogen) atoms. The highest BCUT2D eigenvalue weighted by molar-refractivity contribution is 5.96. The van der Waals surface area contributed by atoms with Crippen LogP contribution in [-0.4, -0.2) is 30.5 Å². The zero-order valence-corrected chi connectivity index (χ0v) is 13.9. The van der Waals surface area contributed by atoms with E-state index in [-0.39, 0.29) is 5.91 Å². The van der Waals surface area contributed by atoms with E-state index in [1.165, 1.54) is 0 Å². The summed E-state index contributed by atoms with van der Waals surface area (Å²) in [6, 6.07) is 13.1. The fraction of sp³-hybridized carbons (Fsp3) is 0.316. The molecular weight excluding hydrogens is 302 g/mol. The number of nitrogens with two attached hydrogens (primary N) is 1. The van der Waals surface area contributed by atoms with Crippen LogP contribution in [0.3, 0.4) is 0 Å². The van der Waals surface area contributed by atoms with Crippen LogP contribution in [0.2, 0.25) is 0 Å². The number of amides is 1. The Balaban J connectivity index is 1.71. The number of ether oxygens (including phenoxy) is 1. The molecule has 0 unspecified atom stereocenters. The molecule has 1 fully saturated rings. The lowest BCUT2D eigenvalue weighted by atomic mass is 10.1. The normalized spacial score (nSPS) is 13.8. The summed E-state index contributed by atoms with van der Waals surface area (Å²) >= 11 is 0. The van der Waals surface area contributed by atoms with Gasteiger partial charge < -0.3 is 20.7 Å². The van der Waals surface area contributed by atoms with E-state index in [1.54, 1.807) is 6.07 Å². The average Bonchev–Trinajstić information content (AvgIpc) is 3.12. The molecule has 1 heterocycles. The first-order valence-corrected chi connectivity index (χ1v) is 8.36. The number of hydrogen-bond acceptors (Lipinski definition) is 4. The predicted octanol–water partition coefficient (Wildman–Crippen LogP) is 3.65. The monoisotopic (exact) mass is 325 g/mol. The van der Waals surface area contributed by atoms with Gasteiger partial charge in [-0.3, -0.25) is 4.79 Å². The van der Waals surface area contributed by atoms with E-state index >= 15 is 0 Å². The molecule has 5 heteroatoms. The smallest absolute Gasteiger partial charge is 0.253 e. The Kier molecular flexibility index (Phi) is 4.89. The Morgan fingerprint density at radius 3 is 2.50 bits per heavy atom. The van der Waals surface area contributed by atoms with Gasteiger partial charge in [-0.2, -0.15) is 0 Å². The Bertz CT molecular complexity index is 707. The Morgan fingerprint density at radius 1 is 1.17 bits per heavy atom. The van der Waals surface area contributed by atoms with Gasteiger partial charge in [0, 0.05) is 24.3 Å². The second-order valence-corrected chi connectivity index (χ2v) is 5.88. The molecule has 1 aliphatic heterocycles. The van der Waals surface area contributed by atoms with Crippen molar-refractivity contribution in [3.05, 3.63) is 48.0 Å². The molecule has 0 radical (unpaired) electrons. The summed E-state index contributed by atoms with van der Waals surface area (Å²) in [5.41, 5.74) is 9.04. The number of anilines is 3. The van der Waals surface area contributed by atoms with Crippen molar-refractivity contribution >= 4 is 23.0 Å². The Hall–Kier alpha value is -2.69. The van der Waals surface area contributed by atoms with E-state index in [4.69, 9.17) is 10.5 Å². The third-order valence-corrected chi connectivity index (χ3v) is 4.14. The summed E-state index contributed by atoms with van der Waals surface area (Å²) in [6.45, 7) is 4.28. The van der Waals surface area contributed by atoms with Crippen LogP contribution in [0.5, 0.6) is 5.75 Å². The van der Waals surface area contributed by atoms with Crippen molar-refractivity contribution < 1.29 is 9.53 Å². The maximum atomic E-state index is 12.4. The van der Waals surface area contributed by atoms with E-state index < -0.39 is 0 Å². The molecule has 0 aromatic heterocycles. The molecule has 0 bridgehead atoms. The average molecular weight is 325 g/mol. The number of carbonyl (C=O) groups is 1. The maximum absolute atomic E-state index is 12.4. The van der Waals surface area contributed by atoms with E-state index in [9.17, 15) is 4.79 Å². The van der Waals surface area contributed by atoms with Crippen molar-refractivity contribution in [2.45, 2.75) is 19.8 Å². The number of nitrogen functional groups attached to an aromatic ring is 1. The topological polar surface area (TPSA) is 67.6 Å². The van der Waals surface area contributed by atoms with Crippen LogP contribution in [0, 0.1) is 0 Å². The summed E-state index contributed by atoms with van der Waals surface area (Å²) in [5, 5.41) is 3.27. The third-order valence-electron chi connectivity index (χ3n) is 4.14. The number of nitrogens with zero attached hydrogens (tertiary/aromatic N) is 1. The van der Waals surface area contributed by atoms with Crippen molar-refractivity contribution in [1.82, 2.24) is 4.90 Å². The minimum Gasteiger partial charge on any atom is -0.494 e. The van der Waals surface area contributed by atoms with Gasteiger partial charge in [-0.25, -0.2) is 0 Å². The maximum Gasteiger partial charge on any atom is 0.253 e. The molecule has 3 rings (SSSR count). The summed E-state index contributed by atoms with van der Waals surface area (Å²) in [5.74, 6) is 0.898. The van der Waals surface area contributed by atoms with Gasteiger partial charge >= 0.3 is 0 Å². The number of carbonyl (C=O) groups excluding carboxylic acids is 1. The largest absolute Gasteiger partial charge is 0.494 e. The molecule has 5 nitrogen and oxygen atoms in total. The number of rotatable bonds is 5. The predicted molar refractivity (Wildman–Crippen MR) is 96.9 cm³/mol. The van der Waals surface area contributed by atoms with Gasteiger partial charge in [0.2, 0.25) is 0 Å². The van der Waals surface area contributed by atoms with Crippen LogP contribution in [0.4, 0.5) is 17.1 Å². The number of nitrogens with one attached hydrogen (secondary N) is 1. The van der Waals surface area contributed by atoms with Crippen molar-refractivity contribution in [3.8, 4) is 5.75 Å². The van der Waals surface area contributed by atoms with Crippen LogP contribution in [0.1, 0.15) is 30.1 Å². The fourth-order valence-corrected chi connectivity index (χ4v) is 2.87. The second-order valence-electron chi connectivity index (χ2n) is 5.88. The number of hydrogen-bond donors (Lipinski definition) is 2. The van der Waals surface area contributed by atoms with E-state index in [0.717, 1.165) is 43.1 Å². The first-order valence-electron chi connectivity index (χ1n) is 8.36. The molecule has 126 valence electrons. The minimum absolute atomic E-state index is 0.0619. The molecule has 1 amide bonds. The Labute approximate surface area is 142 Å². The highest BCUT2D eigenvalue weighted by Crippen LogP contribution is 2.26. The summed E-state index contributed by atoms with van der Waals surface area (Å²) in [4.78, 5) is 14.3. The van der Waals surface area contributed by atoms with Crippen LogP contribution >= 0.6 is 0 Å². The summed E-state index contributed by atoms with van der Waals surface area (Å²) in [7, 11) is 0. The lowest BCUT2D eigenvalue weighted by Gasteiger charge is -2.16. The van der Waals surface area contributed by atoms with Gasteiger partial charge in [0.15, 0.2) is 0 Å². The lowest BCUT2D eigenvalue weighted by molar-refractivity contribution is 0.0793. The molecule has 0 atom stereocenters. The van der Waals surface area contributed by atoms with Crippen molar-refractivity contribution in [2.75, 3.05) is 30.7 Å². The third kappa shape index (κ3) is 3.62. The highest BCUT2D eigenvalue weighted by Gasteiger charge is 2.19. The van der Waals surface area contributed by atoms with Gasteiger partial charge in [0.1, 0.15) is 5.75 Å². The second kappa shape index (κ2) is 7.25. The molecule has 2 aromatic carbocycles. The standard InChI is InChI=1S/C19H23N3O2/c1-2-24-16-8-6-15(7-9-16)21-18-10-5-14(13-17(18)20)19(23)22-11-3-4-12-22/h5-10,13,21H,2-4,11-12,20H2,1H3. The summed E-state index contributed by atoms with van der Waals surface area (Å²) < 4.78 is 5.43. The van der Waals surface area contributed by atoms with Crippen molar-refractivity contribution in [1.29, 1.82) is 0 Å². The van der Waals surface area contributed by atoms with Gasteiger partial charge in [0.25, 0.3) is 5.91 Å². The van der Waals surface area contributed by atoms with Crippen molar-refractivity contribution in [2.24, 2.45) is 0 Å². The van der Waals surface area contributed by atoms with Crippen molar-refractivity contribution in [3.63, 3.8) is 0 Å². The molecule has 1 saturated heterocycles. The molecule has 1 aliphatic rings. The zero-order chi connectivity index (χ0) is 16.9. The van der Waals surface area contributed by atoms with Crippen LogP contribution < -0.4 is 15.8 Å². The first kappa shape index (κ1) is 16.2. The van der Waals surface area contributed by atoms with Gasteiger partial charge in [-0.05, 0) is 62.2 Å². The van der Waals surface area contributed by atoms with Crippen LogP contribution in [0.25, 0.3) is 0 Å². The van der Waals surface area contributed by atoms with E-state index in [0.29, 0.717) is 17.9 Å². The van der Waals surface area contributed by atoms with Gasteiger partial charge in [-0.1, -0.05) is 0 Å². The fourth-order valence-electron chi connectivity index (χ4n) is 2.87. The minimum atomic E-state index is 0.0619. The van der Waals surface area contributed by atoms with Gasteiger partial charge in [-0.15, -0.1) is 0 Å². The Morgan fingerprint density at radius 2 is 1.88 bits per heavy atom. The first-order chi connectivity index (χ1) is 11.7. The summed E-state index contributed by atoms with van der Waals surface area (Å²) in [6.07, 6.45) is 2.16. The zero-order valence-electron chi connectivity index (χ0n) is 13.9. The number of benzene rings is 2. The van der Waals surface area contributed by atoms with Crippen LogP contribution in [0.15, 0.2) is 42.5 Å². The van der Waals surface area contributed by atoms with Crippen LogP contribution in [-0.2, 0) is 0 Å². The molecule has 3 N–H and O–H groups in total. The quantitative estimate of drug-likeness (QED) is 0.824. The van der Waals surface area contributed by atoms with Gasteiger partial charge in [0.05, 0.1) is 18.0 Å². The molecular formula is C19H23N3O2. The number of likely N-dealkylation sites (tertiary alicyclic amines) is 1. The SMILES string of the molecule is CCOc1ccc(Nc2ccc(C(=O)N3CCCC3)cc2N)cc1. The van der Waals surface area contributed by atoms with E-state index in [1.807, 2.05) is 48.2 Å². The molecule has 0 spiro atoms. The highest BCUT2D eigenvalue weighted by atomic mass is 16.5. The molecule has 0 saturated carbocycles. The molecule has 0 aliphatic carbocycles. The lowest BCUT2D eigenvalue weighted by Crippen LogP contribution is -2.27. The molecule has 2 aromatic rings. The van der Waals surface area contributed by atoms with E-state index in [2.05, 4.69) is 5.32 Å².